The van der Waals surface area contributed by atoms with Gasteiger partial charge in [-0.1, -0.05) is 0 Å². The second kappa shape index (κ2) is 17.0. The van der Waals surface area contributed by atoms with Gasteiger partial charge in [0, 0.05) is 13.0 Å². The van der Waals surface area contributed by atoms with Crippen LogP contribution in [0.2, 0.25) is 0 Å². The molecule has 0 aromatic heterocycles. The zero-order valence-electron chi connectivity index (χ0n) is 19.9. The van der Waals surface area contributed by atoms with E-state index in [4.69, 9.17) is 33.1 Å². The Hall–Kier alpha value is -3.46. The van der Waals surface area contributed by atoms with Gasteiger partial charge in [0.15, 0.2) is 5.96 Å². The molecule has 4 atom stereocenters. The van der Waals surface area contributed by atoms with Crippen molar-refractivity contribution in [3.8, 4) is 0 Å². The van der Waals surface area contributed by atoms with Crippen LogP contribution >= 0.6 is 0 Å². The van der Waals surface area contributed by atoms with Crippen LogP contribution < -0.4 is 38.9 Å². The zero-order valence-corrected chi connectivity index (χ0v) is 19.9. The number of hydrogen-bond acceptors (Lipinski definition) is 8. The van der Waals surface area contributed by atoms with Gasteiger partial charge in [-0.15, -0.1) is 0 Å². The molecule has 35 heavy (non-hydrogen) atoms. The summed E-state index contributed by atoms with van der Waals surface area (Å²) in [5.74, 6) is -4.80. The molecule has 0 bridgehead atoms. The molecule has 0 aromatic carbocycles. The Morgan fingerprint density at radius 1 is 0.829 bits per heavy atom. The van der Waals surface area contributed by atoms with Crippen molar-refractivity contribution >= 4 is 35.6 Å². The molecule has 0 fully saturated rings. The Balaban J connectivity index is 5.33. The Bertz CT molecular complexity index is 758. The van der Waals surface area contributed by atoms with Crippen LogP contribution in [0.3, 0.4) is 0 Å². The van der Waals surface area contributed by atoms with Crippen molar-refractivity contribution in [1.82, 2.24) is 16.0 Å². The lowest BCUT2D eigenvalue weighted by atomic mass is 10.0. The Kier molecular flexibility index (Phi) is 15.4. The molecule has 15 nitrogen and oxygen atoms in total. The first-order valence-corrected chi connectivity index (χ1v) is 11.3. The third-order valence-electron chi connectivity index (χ3n) is 4.89. The summed E-state index contributed by atoms with van der Waals surface area (Å²) >= 11 is 0. The maximum Gasteiger partial charge on any atom is 0.325 e. The molecule has 13 N–H and O–H groups in total. The number of carboxylic acids is 2. The van der Waals surface area contributed by atoms with E-state index in [0.717, 1.165) is 0 Å². The summed E-state index contributed by atoms with van der Waals surface area (Å²) in [4.78, 5) is 63.7. The van der Waals surface area contributed by atoms with Crippen molar-refractivity contribution in [3.05, 3.63) is 0 Å². The normalized spacial score (nSPS) is 14.0. The predicted molar refractivity (Wildman–Crippen MR) is 127 cm³/mol. The molecular weight excluding hydrogens is 464 g/mol. The summed E-state index contributed by atoms with van der Waals surface area (Å²) in [5.41, 5.74) is 21.9. The van der Waals surface area contributed by atoms with Crippen LogP contribution in [0.5, 0.6) is 0 Å². The largest absolute Gasteiger partial charge is 0.481 e. The van der Waals surface area contributed by atoms with Crippen molar-refractivity contribution in [3.63, 3.8) is 0 Å². The first-order valence-electron chi connectivity index (χ1n) is 11.3. The molecule has 0 rings (SSSR count). The van der Waals surface area contributed by atoms with Gasteiger partial charge in [-0.3, -0.25) is 29.0 Å². The van der Waals surface area contributed by atoms with Gasteiger partial charge in [0.05, 0.1) is 6.04 Å². The van der Waals surface area contributed by atoms with Crippen LogP contribution in [0, 0.1) is 0 Å². The average molecular weight is 503 g/mol. The van der Waals surface area contributed by atoms with Crippen LogP contribution in [-0.2, 0) is 24.0 Å². The first-order chi connectivity index (χ1) is 16.4. The molecule has 0 aliphatic heterocycles. The fourth-order valence-corrected chi connectivity index (χ4v) is 2.88. The molecule has 0 aliphatic rings. The summed E-state index contributed by atoms with van der Waals surface area (Å²) in [7, 11) is 0. The lowest BCUT2D eigenvalue weighted by Crippen LogP contribution is -2.56. The maximum absolute atomic E-state index is 12.9. The SMILES string of the molecule is CC(NC(=O)C(CCC(=O)O)NC(=O)C(CCCCN)NC(=O)C(N)CCCN=C(N)N)C(=O)O. The monoisotopic (exact) mass is 502 g/mol. The summed E-state index contributed by atoms with van der Waals surface area (Å²) in [6, 6.07) is -4.61. The molecule has 200 valence electrons. The standard InChI is InChI=1S/C20H38N8O7/c1-11(19(34)35)26-17(32)14(7-8-15(29)30)28-18(33)13(6-2-3-9-21)27-16(31)12(22)5-4-10-25-20(23)24/h11-14H,2-10,21-22H2,1H3,(H,26,32)(H,27,31)(H,28,33)(H,29,30)(H,34,35)(H4,23,24,25). The number of carboxylic acid groups (broad SMARTS) is 2. The molecule has 0 saturated heterocycles. The van der Waals surface area contributed by atoms with Gasteiger partial charge in [0.1, 0.15) is 18.1 Å². The van der Waals surface area contributed by atoms with Crippen LogP contribution in [0.1, 0.15) is 51.9 Å². The molecule has 3 amide bonds. The Labute approximate surface area is 203 Å². The van der Waals surface area contributed by atoms with E-state index in [1.165, 1.54) is 6.92 Å². The summed E-state index contributed by atoms with van der Waals surface area (Å²) in [5, 5.41) is 25.1. The summed E-state index contributed by atoms with van der Waals surface area (Å²) < 4.78 is 0. The fraction of sp³-hybridized carbons (Fsp3) is 0.700. The summed E-state index contributed by atoms with van der Waals surface area (Å²) in [6.07, 6.45) is 1.18. The van der Waals surface area contributed by atoms with Gasteiger partial charge in [-0.05, 0) is 52.0 Å². The number of amides is 3. The quantitative estimate of drug-likeness (QED) is 0.0514. The average Bonchev–Trinajstić information content (AvgIpc) is 2.77. The van der Waals surface area contributed by atoms with E-state index in [1.807, 2.05) is 0 Å². The highest BCUT2D eigenvalue weighted by Gasteiger charge is 2.29. The van der Waals surface area contributed by atoms with Crippen molar-refractivity contribution in [1.29, 1.82) is 0 Å². The van der Waals surface area contributed by atoms with E-state index in [-0.39, 0.29) is 31.8 Å². The van der Waals surface area contributed by atoms with E-state index < -0.39 is 60.2 Å². The van der Waals surface area contributed by atoms with Gasteiger partial charge in [0.2, 0.25) is 17.7 Å². The van der Waals surface area contributed by atoms with E-state index >= 15 is 0 Å². The number of aliphatic imine (C=N–C) groups is 1. The second-order valence-electron chi connectivity index (χ2n) is 7.96. The zero-order chi connectivity index (χ0) is 27.0. The molecular formula is C20H38N8O7. The third-order valence-corrected chi connectivity index (χ3v) is 4.89. The van der Waals surface area contributed by atoms with E-state index in [9.17, 15) is 24.0 Å². The van der Waals surface area contributed by atoms with Crippen molar-refractivity contribution in [2.24, 2.45) is 27.9 Å². The van der Waals surface area contributed by atoms with Crippen LogP contribution in [0.25, 0.3) is 0 Å². The number of aliphatic carboxylic acids is 2. The molecule has 15 heteroatoms. The number of rotatable bonds is 18. The number of unbranched alkanes of at least 4 members (excludes halogenated alkanes) is 1. The van der Waals surface area contributed by atoms with Crippen molar-refractivity contribution in [2.75, 3.05) is 13.1 Å². The van der Waals surface area contributed by atoms with Gasteiger partial charge >= 0.3 is 11.9 Å². The highest BCUT2D eigenvalue weighted by atomic mass is 16.4. The number of guanidine groups is 1. The number of nitrogens with two attached hydrogens (primary N) is 4. The number of nitrogens with zero attached hydrogens (tertiary/aromatic N) is 1. The van der Waals surface area contributed by atoms with E-state index in [0.29, 0.717) is 25.8 Å². The van der Waals surface area contributed by atoms with Crippen molar-refractivity contribution in [2.45, 2.75) is 76.0 Å². The smallest absolute Gasteiger partial charge is 0.325 e. The molecule has 4 unspecified atom stereocenters. The highest BCUT2D eigenvalue weighted by Crippen LogP contribution is 2.06. The predicted octanol–water partition coefficient (Wildman–Crippen LogP) is -3.08. The maximum atomic E-state index is 12.9. The van der Waals surface area contributed by atoms with Gasteiger partial charge in [-0.2, -0.15) is 0 Å². The number of carbonyl (C=O) groups excluding carboxylic acids is 3. The van der Waals surface area contributed by atoms with Gasteiger partial charge < -0.3 is 49.1 Å². The molecule has 0 heterocycles. The molecule has 0 aromatic rings. The van der Waals surface area contributed by atoms with E-state index in [2.05, 4.69) is 20.9 Å². The molecule has 0 saturated carbocycles. The second-order valence-corrected chi connectivity index (χ2v) is 7.96. The minimum atomic E-state index is -1.33. The third kappa shape index (κ3) is 14.4. The Morgan fingerprint density at radius 3 is 1.94 bits per heavy atom. The number of carbonyl (C=O) groups is 5. The summed E-state index contributed by atoms with van der Waals surface area (Å²) in [6.45, 7) is 1.86. The topological polar surface area (TPSA) is 278 Å². The lowest BCUT2D eigenvalue weighted by Gasteiger charge is -2.24. The van der Waals surface area contributed by atoms with Crippen molar-refractivity contribution < 1.29 is 34.2 Å². The van der Waals surface area contributed by atoms with Gasteiger partial charge in [0.25, 0.3) is 0 Å². The van der Waals surface area contributed by atoms with Crippen LogP contribution in [0.4, 0.5) is 0 Å². The minimum Gasteiger partial charge on any atom is -0.481 e. The highest BCUT2D eigenvalue weighted by molar-refractivity contribution is 5.94. The fourth-order valence-electron chi connectivity index (χ4n) is 2.88. The Morgan fingerprint density at radius 2 is 1.40 bits per heavy atom. The first kappa shape index (κ1) is 31.5. The molecule has 0 aliphatic carbocycles. The van der Waals surface area contributed by atoms with Gasteiger partial charge in [-0.25, -0.2) is 0 Å². The number of nitrogens with one attached hydrogen (secondary N) is 3. The molecule has 0 spiro atoms. The number of hydrogen-bond donors (Lipinski definition) is 9. The van der Waals surface area contributed by atoms with Crippen LogP contribution in [0.15, 0.2) is 4.99 Å². The minimum absolute atomic E-state index is 0.0844. The van der Waals surface area contributed by atoms with E-state index in [1.54, 1.807) is 0 Å². The van der Waals surface area contributed by atoms with Crippen LogP contribution in [-0.4, -0.2) is 83.1 Å². The molecule has 0 radical (unpaired) electrons. The lowest BCUT2D eigenvalue weighted by molar-refractivity contribution is -0.142.